The lowest BCUT2D eigenvalue weighted by Gasteiger charge is -2.04. The molecule has 0 aromatic heterocycles. The molecule has 6 heteroatoms. The number of hydrogen-bond acceptors (Lipinski definition) is 5. The SMILES string of the molecule is COc1ccc(C(=O)C=Cc2cccc([N+](=O)[O-])c2)c(N)c1. The Balaban J connectivity index is 2.21. The summed E-state index contributed by atoms with van der Waals surface area (Å²) in [5.41, 5.74) is 7.00. The summed E-state index contributed by atoms with van der Waals surface area (Å²) < 4.78 is 5.02. The maximum atomic E-state index is 12.1. The average Bonchev–Trinajstić information content (AvgIpc) is 2.52. The molecule has 0 aliphatic carbocycles. The summed E-state index contributed by atoms with van der Waals surface area (Å²) in [6.07, 6.45) is 2.84. The Kier molecular flexibility index (Phi) is 4.53. The highest BCUT2D eigenvalue weighted by Gasteiger charge is 2.08. The summed E-state index contributed by atoms with van der Waals surface area (Å²) in [7, 11) is 1.51. The molecular formula is C16H14N2O4. The topological polar surface area (TPSA) is 95.5 Å². The Morgan fingerprint density at radius 2 is 2.05 bits per heavy atom. The molecule has 2 aromatic carbocycles. The third-order valence-corrected chi connectivity index (χ3v) is 3.03. The average molecular weight is 298 g/mol. The number of non-ortho nitro benzene ring substituents is 1. The molecule has 0 bridgehead atoms. The standard InChI is InChI=1S/C16H14N2O4/c1-22-13-6-7-14(15(17)10-13)16(19)8-5-11-3-2-4-12(9-11)18(20)21/h2-10H,17H2,1H3. The van der Waals surface area contributed by atoms with Crippen molar-refractivity contribution in [3.05, 3.63) is 69.8 Å². The Morgan fingerprint density at radius 3 is 2.68 bits per heavy atom. The van der Waals surface area contributed by atoms with Crippen LogP contribution in [0.4, 0.5) is 11.4 Å². The second-order valence-electron chi connectivity index (χ2n) is 4.50. The van der Waals surface area contributed by atoms with Crippen LogP contribution >= 0.6 is 0 Å². The molecule has 112 valence electrons. The number of nitrogens with zero attached hydrogens (tertiary/aromatic N) is 1. The van der Waals surface area contributed by atoms with E-state index in [1.54, 1.807) is 30.3 Å². The fraction of sp³-hybridized carbons (Fsp3) is 0.0625. The molecule has 0 aliphatic heterocycles. The molecule has 0 fully saturated rings. The van der Waals surface area contributed by atoms with Crippen molar-refractivity contribution in [3.63, 3.8) is 0 Å². The van der Waals surface area contributed by atoms with Crippen LogP contribution in [0.25, 0.3) is 6.08 Å². The van der Waals surface area contributed by atoms with Gasteiger partial charge in [-0.1, -0.05) is 18.2 Å². The van der Waals surface area contributed by atoms with Crippen molar-refractivity contribution in [2.24, 2.45) is 0 Å². The van der Waals surface area contributed by atoms with Gasteiger partial charge in [0, 0.05) is 29.4 Å². The number of nitrogen functional groups attached to an aromatic ring is 1. The molecule has 2 rings (SSSR count). The van der Waals surface area contributed by atoms with Gasteiger partial charge in [-0.05, 0) is 23.8 Å². The van der Waals surface area contributed by atoms with Gasteiger partial charge in [-0.25, -0.2) is 0 Å². The third-order valence-electron chi connectivity index (χ3n) is 3.03. The zero-order valence-corrected chi connectivity index (χ0v) is 11.9. The van der Waals surface area contributed by atoms with Crippen molar-refractivity contribution >= 4 is 23.2 Å². The van der Waals surface area contributed by atoms with Crippen molar-refractivity contribution in [1.29, 1.82) is 0 Å². The molecule has 0 heterocycles. The molecule has 22 heavy (non-hydrogen) atoms. The molecule has 0 aliphatic rings. The van der Waals surface area contributed by atoms with Crippen LogP contribution in [0.15, 0.2) is 48.5 Å². The lowest BCUT2D eigenvalue weighted by atomic mass is 10.1. The molecule has 0 radical (unpaired) electrons. The summed E-state index contributed by atoms with van der Waals surface area (Å²) in [6, 6.07) is 10.8. The molecular weight excluding hydrogens is 284 g/mol. The number of benzene rings is 2. The minimum absolute atomic E-state index is 0.0291. The van der Waals surface area contributed by atoms with Gasteiger partial charge in [-0.15, -0.1) is 0 Å². The number of carbonyl (C=O) groups is 1. The van der Waals surface area contributed by atoms with Crippen LogP contribution in [0.5, 0.6) is 5.75 Å². The van der Waals surface area contributed by atoms with E-state index in [1.165, 1.54) is 31.4 Å². The number of rotatable bonds is 5. The molecule has 0 saturated heterocycles. The Labute approximate surface area is 127 Å². The van der Waals surface area contributed by atoms with E-state index in [1.807, 2.05) is 0 Å². The number of carbonyl (C=O) groups excluding carboxylic acids is 1. The second kappa shape index (κ2) is 6.53. The van der Waals surface area contributed by atoms with Gasteiger partial charge in [-0.3, -0.25) is 14.9 Å². The van der Waals surface area contributed by atoms with Crippen molar-refractivity contribution in [2.75, 3.05) is 12.8 Å². The number of nitro groups is 1. The predicted octanol–water partition coefficient (Wildman–Crippen LogP) is 3.08. The summed E-state index contributed by atoms with van der Waals surface area (Å²) in [5, 5.41) is 10.7. The van der Waals surface area contributed by atoms with Gasteiger partial charge in [0.05, 0.1) is 12.0 Å². The maximum Gasteiger partial charge on any atom is 0.270 e. The van der Waals surface area contributed by atoms with E-state index in [9.17, 15) is 14.9 Å². The van der Waals surface area contributed by atoms with E-state index in [-0.39, 0.29) is 11.5 Å². The van der Waals surface area contributed by atoms with Gasteiger partial charge in [0.15, 0.2) is 5.78 Å². The first-order valence-corrected chi connectivity index (χ1v) is 6.41. The number of nitrogens with two attached hydrogens (primary N) is 1. The van der Waals surface area contributed by atoms with Gasteiger partial charge < -0.3 is 10.5 Å². The molecule has 0 amide bonds. The maximum absolute atomic E-state index is 12.1. The van der Waals surface area contributed by atoms with Crippen LogP contribution in [-0.4, -0.2) is 17.8 Å². The quantitative estimate of drug-likeness (QED) is 0.301. The van der Waals surface area contributed by atoms with E-state index in [0.717, 1.165) is 0 Å². The fourth-order valence-electron chi connectivity index (χ4n) is 1.90. The van der Waals surface area contributed by atoms with E-state index >= 15 is 0 Å². The predicted molar refractivity (Wildman–Crippen MR) is 83.9 cm³/mol. The summed E-state index contributed by atoms with van der Waals surface area (Å²) in [5.74, 6) is 0.281. The Morgan fingerprint density at radius 1 is 1.27 bits per heavy atom. The zero-order valence-electron chi connectivity index (χ0n) is 11.9. The number of hydrogen-bond donors (Lipinski definition) is 1. The lowest BCUT2D eigenvalue weighted by molar-refractivity contribution is -0.384. The monoisotopic (exact) mass is 298 g/mol. The van der Waals surface area contributed by atoms with E-state index in [2.05, 4.69) is 0 Å². The second-order valence-corrected chi connectivity index (χ2v) is 4.50. The number of ketones is 1. The Bertz CT molecular complexity index is 754. The molecule has 0 spiro atoms. The van der Waals surface area contributed by atoms with Gasteiger partial charge in [0.1, 0.15) is 5.75 Å². The van der Waals surface area contributed by atoms with Gasteiger partial charge in [0.25, 0.3) is 5.69 Å². The van der Waals surface area contributed by atoms with Crippen LogP contribution < -0.4 is 10.5 Å². The molecule has 0 unspecified atom stereocenters. The largest absolute Gasteiger partial charge is 0.497 e. The molecule has 0 saturated carbocycles. The van der Waals surface area contributed by atoms with Crippen molar-refractivity contribution in [3.8, 4) is 5.75 Å². The van der Waals surface area contributed by atoms with Gasteiger partial charge in [0.2, 0.25) is 0 Å². The summed E-state index contributed by atoms with van der Waals surface area (Å²) >= 11 is 0. The minimum atomic E-state index is -0.485. The van der Waals surface area contributed by atoms with Crippen LogP contribution in [0.2, 0.25) is 0 Å². The molecule has 2 aromatic rings. The number of ether oxygens (including phenoxy) is 1. The Hall–Kier alpha value is -3.15. The van der Waals surface area contributed by atoms with Gasteiger partial charge in [-0.2, -0.15) is 0 Å². The van der Waals surface area contributed by atoms with E-state index < -0.39 is 4.92 Å². The highest BCUT2D eigenvalue weighted by atomic mass is 16.6. The fourth-order valence-corrected chi connectivity index (χ4v) is 1.90. The van der Waals surface area contributed by atoms with E-state index in [4.69, 9.17) is 10.5 Å². The highest BCUT2D eigenvalue weighted by molar-refractivity contribution is 6.10. The molecule has 6 nitrogen and oxygen atoms in total. The number of allylic oxidation sites excluding steroid dienone is 1. The lowest BCUT2D eigenvalue weighted by Crippen LogP contribution is -2.01. The third kappa shape index (κ3) is 3.49. The minimum Gasteiger partial charge on any atom is -0.497 e. The summed E-state index contributed by atoms with van der Waals surface area (Å²) in [4.78, 5) is 22.3. The van der Waals surface area contributed by atoms with Crippen molar-refractivity contribution in [2.45, 2.75) is 0 Å². The molecule has 0 atom stereocenters. The number of nitro benzene ring substituents is 1. The van der Waals surface area contributed by atoms with E-state index in [0.29, 0.717) is 22.6 Å². The first-order chi connectivity index (χ1) is 10.5. The van der Waals surface area contributed by atoms with Gasteiger partial charge >= 0.3 is 0 Å². The zero-order chi connectivity index (χ0) is 16.1. The van der Waals surface area contributed by atoms with Crippen LogP contribution in [0, 0.1) is 10.1 Å². The number of methoxy groups -OCH3 is 1. The highest BCUT2D eigenvalue weighted by Crippen LogP contribution is 2.21. The first-order valence-electron chi connectivity index (χ1n) is 6.41. The smallest absolute Gasteiger partial charge is 0.270 e. The number of anilines is 1. The summed E-state index contributed by atoms with van der Waals surface area (Å²) in [6.45, 7) is 0. The van der Waals surface area contributed by atoms with Crippen LogP contribution in [0.1, 0.15) is 15.9 Å². The van der Waals surface area contributed by atoms with Crippen molar-refractivity contribution in [1.82, 2.24) is 0 Å². The van der Waals surface area contributed by atoms with Crippen LogP contribution in [-0.2, 0) is 0 Å². The normalized spacial score (nSPS) is 10.6. The first kappa shape index (κ1) is 15.2. The van der Waals surface area contributed by atoms with Crippen molar-refractivity contribution < 1.29 is 14.5 Å². The molecule has 2 N–H and O–H groups in total. The van der Waals surface area contributed by atoms with Crippen LogP contribution in [0.3, 0.4) is 0 Å².